The predicted octanol–water partition coefficient (Wildman–Crippen LogP) is 16.9. The number of unbranched alkanes of at least 4 members (excludes halogenated alkanes) is 25. The second kappa shape index (κ2) is 49.8. The third-order valence-electron chi connectivity index (χ3n) is 10.9. The molecule has 0 spiro atoms. The fourth-order valence-electron chi connectivity index (χ4n) is 7.03. The first-order valence-corrected chi connectivity index (χ1v) is 25.8. The first-order chi connectivity index (χ1) is 30.0. The Morgan fingerprint density at radius 3 is 1.02 bits per heavy atom. The van der Waals surface area contributed by atoms with Crippen molar-refractivity contribution >= 4 is 17.9 Å². The molecule has 0 amide bonds. The Hall–Kier alpha value is -2.89. The highest BCUT2D eigenvalue weighted by Gasteiger charge is 2.19. The molecule has 0 N–H and O–H groups in total. The molecule has 0 aromatic heterocycles. The van der Waals surface area contributed by atoms with Gasteiger partial charge in [0.15, 0.2) is 6.10 Å². The van der Waals surface area contributed by atoms with E-state index in [1.54, 1.807) is 0 Å². The van der Waals surface area contributed by atoms with E-state index in [2.05, 4.69) is 81.5 Å². The van der Waals surface area contributed by atoms with E-state index < -0.39 is 6.10 Å². The maximum absolute atomic E-state index is 12.8. The fourth-order valence-corrected chi connectivity index (χ4v) is 7.03. The van der Waals surface area contributed by atoms with Crippen molar-refractivity contribution in [2.45, 2.75) is 258 Å². The molecule has 0 saturated carbocycles. The Bertz CT molecular complexity index is 1120. The summed E-state index contributed by atoms with van der Waals surface area (Å²) in [6.07, 6.45) is 60.5. The highest BCUT2D eigenvalue weighted by Crippen LogP contribution is 2.14. The van der Waals surface area contributed by atoms with E-state index in [9.17, 15) is 14.4 Å². The molecule has 0 aliphatic rings. The first-order valence-electron chi connectivity index (χ1n) is 25.8. The van der Waals surface area contributed by atoms with Gasteiger partial charge in [-0.25, -0.2) is 0 Å². The summed E-state index contributed by atoms with van der Waals surface area (Å²) >= 11 is 0. The van der Waals surface area contributed by atoms with E-state index >= 15 is 0 Å². The summed E-state index contributed by atoms with van der Waals surface area (Å²) in [5.41, 5.74) is 0. The standard InChI is InChI=1S/C55H96O6/c1-4-7-10-13-16-19-22-25-27-30-33-36-39-42-45-48-54(57)60-51-52(50-59-53(56)47-44-41-38-35-32-29-24-21-18-15-12-9-6-3)61-55(58)49-46-43-40-37-34-31-28-26-23-20-17-14-11-8-5-2/h12,15-16,19,21,24-28,52H,4-11,13-14,17-18,20,22-23,29-51H2,1-3H3/b15-12-,19-16-,24-21-,27-25-,28-26-. The zero-order valence-electron chi connectivity index (χ0n) is 40.2. The maximum Gasteiger partial charge on any atom is 0.306 e. The molecule has 0 saturated heterocycles. The van der Waals surface area contributed by atoms with Crippen LogP contribution in [0, 0.1) is 0 Å². The molecule has 61 heavy (non-hydrogen) atoms. The SMILES string of the molecule is CCC/C=C\C/C=C\CCCCCCCC(=O)OCC(COC(=O)CCCCCCC/C=C\C/C=C\CCCCC)OC(=O)CCCCCCC/C=C\CCCCCCCC. The summed E-state index contributed by atoms with van der Waals surface area (Å²) in [5, 5.41) is 0. The molecule has 0 aliphatic carbocycles. The van der Waals surface area contributed by atoms with E-state index in [0.29, 0.717) is 19.3 Å². The molecule has 0 radical (unpaired) electrons. The quantitative estimate of drug-likeness (QED) is 0.0263. The summed E-state index contributed by atoms with van der Waals surface area (Å²) in [7, 11) is 0. The van der Waals surface area contributed by atoms with Crippen molar-refractivity contribution in [1.82, 2.24) is 0 Å². The molecule has 0 fully saturated rings. The van der Waals surface area contributed by atoms with Crippen LogP contribution in [0.4, 0.5) is 0 Å². The van der Waals surface area contributed by atoms with Crippen LogP contribution in [0.1, 0.15) is 252 Å². The molecule has 6 heteroatoms. The lowest BCUT2D eigenvalue weighted by Crippen LogP contribution is -2.30. The Labute approximate surface area is 377 Å². The van der Waals surface area contributed by atoms with E-state index in [4.69, 9.17) is 14.2 Å². The molecule has 0 bridgehead atoms. The lowest BCUT2D eigenvalue weighted by molar-refractivity contribution is -0.167. The topological polar surface area (TPSA) is 78.9 Å². The number of carbonyl (C=O) groups excluding carboxylic acids is 3. The van der Waals surface area contributed by atoms with Gasteiger partial charge in [0.1, 0.15) is 13.2 Å². The van der Waals surface area contributed by atoms with Crippen LogP contribution in [0.15, 0.2) is 60.8 Å². The number of esters is 3. The van der Waals surface area contributed by atoms with Crippen LogP contribution in [-0.2, 0) is 28.6 Å². The third kappa shape index (κ3) is 48.0. The summed E-state index contributed by atoms with van der Waals surface area (Å²) in [5.74, 6) is -0.922. The van der Waals surface area contributed by atoms with Gasteiger partial charge in [-0.05, 0) is 103 Å². The molecule has 0 heterocycles. The number of hydrogen-bond acceptors (Lipinski definition) is 6. The lowest BCUT2D eigenvalue weighted by Gasteiger charge is -2.18. The number of ether oxygens (including phenoxy) is 3. The van der Waals surface area contributed by atoms with Crippen LogP contribution in [-0.4, -0.2) is 37.2 Å². The van der Waals surface area contributed by atoms with Gasteiger partial charge in [0, 0.05) is 19.3 Å². The molecular formula is C55H96O6. The van der Waals surface area contributed by atoms with Gasteiger partial charge in [-0.3, -0.25) is 14.4 Å². The van der Waals surface area contributed by atoms with Crippen molar-refractivity contribution in [2.24, 2.45) is 0 Å². The van der Waals surface area contributed by atoms with Gasteiger partial charge in [0.05, 0.1) is 0 Å². The van der Waals surface area contributed by atoms with Crippen LogP contribution in [0.2, 0.25) is 0 Å². The second-order valence-corrected chi connectivity index (χ2v) is 17.1. The smallest absolute Gasteiger partial charge is 0.306 e. The van der Waals surface area contributed by atoms with Crippen LogP contribution in [0.3, 0.4) is 0 Å². The number of allylic oxidation sites excluding steroid dienone is 10. The Morgan fingerprint density at radius 1 is 0.328 bits per heavy atom. The van der Waals surface area contributed by atoms with Crippen LogP contribution < -0.4 is 0 Å². The minimum absolute atomic E-state index is 0.0893. The molecule has 1 unspecified atom stereocenters. The maximum atomic E-state index is 12.8. The van der Waals surface area contributed by atoms with Crippen LogP contribution >= 0.6 is 0 Å². The average molecular weight is 853 g/mol. The molecule has 0 aliphatic heterocycles. The number of rotatable bonds is 46. The van der Waals surface area contributed by atoms with Crippen LogP contribution in [0.25, 0.3) is 0 Å². The zero-order valence-corrected chi connectivity index (χ0v) is 40.2. The Balaban J connectivity index is 4.43. The molecule has 0 aromatic carbocycles. The van der Waals surface area contributed by atoms with Crippen molar-refractivity contribution in [3.05, 3.63) is 60.8 Å². The summed E-state index contributed by atoms with van der Waals surface area (Å²) in [6.45, 7) is 6.51. The highest BCUT2D eigenvalue weighted by molar-refractivity contribution is 5.71. The van der Waals surface area contributed by atoms with Crippen molar-refractivity contribution in [3.8, 4) is 0 Å². The van der Waals surface area contributed by atoms with Crippen molar-refractivity contribution in [1.29, 1.82) is 0 Å². The normalized spacial score (nSPS) is 12.5. The predicted molar refractivity (Wildman–Crippen MR) is 261 cm³/mol. The largest absolute Gasteiger partial charge is 0.462 e. The Morgan fingerprint density at radius 2 is 0.623 bits per heavy atom. The monoisotopic (exact) mass is 853 g/mol. The zero-order chi connectivity index (χ0) is 44.4. The molecule has 0 aromatic rings. The van der Waals surface area contributed by atoms with Gasteiger partial charge in [0.2, 0.25) is 0 Å². The third-order valence-corrected chi connectivity index (χ3v) is 10.9. The van der Waals surface area contributed by atoms with E-state index in [1.807, 2.05) is 0 Å². The van der Waals surface area contributed by atoms with E-state index in [-0.39, 0.29) is 31.1 Å². The van der Waals surface area contributed by atoms with E-state index in [0.717, 1.165) is 122 Å². The fraction of sp³-hybridized carbons (Fsp3) is 0.764. The van der Waals surface area contributed by atoms with Gasteiger partial charge in [-0.15, -0.1) is 0 Å². The highest BCUT2D eigenvalue weighted by atomic mass is 16.6. The second-order valence-electron chi connectivity index (χ2n) is 17.1. The van der Waals surface area contributed by atoms with Crippen LogP contribution in [0.5, 0.6) is 0 Å². The average Bonchev–Trinajstić information content (AvgIpc) is 3.26. The molecule has 6 nitrogen and oxygen atoms in total. The first kappa shape index (κ1) is 58.1. The van der Waals surface area contributed by atoms with Gasteiger partial charge >= 0.3 is 17.9 Å². The molecule has 352 valence electrons. The number of carbonyl (C=O) groups is 3. The van der Waals surface area contributed by atoms with Crippen molar-refractivity contribution in [3.63, 3.8) is 0 Å². The summed E-state index contributed by atoms with van der Waals surface area (Å²) in [4.78, 5) is 37.9. The molecule has 1 atom stereocenters. The summed E-state index contributed by atoms with van der Waals surface area (Å²) < 4.78 is 16.8. The summed E-state index contributed by atoms with van der Waals surface area (Å²) in [6, 6.07) is 0. The van der Waals surface area contributed by atoms with Gasteiger partial charge in [-0.2, -0.15) is 0 Å². The van der Waals surface area contributed by atoms with Crippen molar-refractivity contribution in [2.75, 3.05) is 13.2 Å². The lowest BCUT2D eigenvalue weighted by atomic mass is 10.1. The van der Waals surface area contributed by atoms with Gasteiger partial charge in [-0.1, -0.05) is 191 Å². The minimum Gasteiger partial charge on any atom is -0.462 e. The van der Waals surface area contributed by atoms with E-state index in [1.165, 1.54) is 89.9 Å². The van der Waals surface area contributed by atoms with Crippen molar-refractivity contribution < 1.29 is 28.6 Å². The molecule has 0 rings (SSSR count). The van der Waals surface area contributed by atoms with Gasteiger partial charge < -0.3 is 14.2 Å². The molecular weight excluding hydrogens is 757 g/mol. The Kier molecular flexibility index (Phi) is 47.4. The minimum atomic E-state index is -0.789. The van der Waals surface area contributed by atoms with Gasteiger partial charge in [0.25, 0.3) is 0 Å². The number of hydrogen-bond donors (Lipinski definition) is 0.